The van der Waals surface area contributed by atoms with E-state index in [1.807, 2.05) is 12.1 Å². The van der Waals surface area contributed by atoms with E-state index in [9.17, 15) is 14.9 Å². The summed E-state index contributed by atoms with van der Waals surface area (Å²) >= 11 is 6.24. The largest absolute Gasteiger partial charge is 0.474 e. The molecule has 1 N–H and O–H groups in total. The van der Waals surface area contributed by atoms with Gasteiger partial charge in [-0.25, -0.2) is 4.98 Å². The Kier molecular flexibility index (Phi) is 6.13. The molecular weight excluding hydrogens is 422 g/mol. The summed E-state index contributed by atoms with van der Waals surface area (Å²) in [6.07, 6.45) is 7.95. The van der Waals surface area contributed by atoms with E-state index >= 15 is 0 Å². The van der Waals surface area contributed by atoms with Crippen LogP contribution in [0.25, 0.3) is 5.69 Å². The van der Waals surface area contributed by atoms with Gasteiger partial charge in [-0.15, -0.1) is 0 Å². The number of hydrogen-bond acceptors (Lipinski definition) is 7. The first-order chi connectivity index (χ1) is 15.0. The second kappa shape index (κ2) is 9.13. The van der Waals surface area contributed by atoms with Crippen molar-refractivity contribution in [2.75, 3.05) is 5.32 Å². The lowest BCUT2D eigenvalue weighted by Crippen LogP contribution is -2.22. The molecule has 0 amide bonds. The number of nitrogens with zero attached hydrogens (tertiary/aromatic N) is 4. The zero-order valence-corrected chi connectivity index (χ0v) is 17.3. The first-order valence-corrected chi connectivity index (χ1v) is 10.3. The van der Waals surface area contributed by atoms with Crippen molar-refractivity contribution in [3.05, 3.63) is 79.8 Å². The van der Waals surface area contributed by atoms with Crippen molar-refractivity contribution >= 4 is 23.0 Å². The average molecular weight is 442 g/mol. The number of non-ortho nitro benzene ring substituents is 1. The molecule has 1 aromatic carbocycles. The van der Waals surface area contributed by atoms with Crippen LogP contribution in [-0.4, -0.2) is 25.8 Å². The zero-order valence-electron chi connectivity index (χ0n) is 16.5. The Morgan fingerprint density at radius 1 is 1.16 bits per heavy atom. The summed E-state index contributed by atoms with van der Waals surface area (Å²) < 4.78 is 6.95. The molecule has 0 spiro atoms. The molecule has 10 heteroatoms. The number of hydrogen-bond donors (Lipinski definition) is 1. The molecule has 0 saturated heterocycles. The lowest BCUT2D eigenvalue weighted by atomic mass is 10.2. The summed E-state index contributed by atoms with van der Waals surface area (Å²) in [6.45, 7) is 0.402. The summed E-state index contributed by atoms with van der Waals surface area (Å²) in [5.41, 5.74) is 1.06. The molecule has 0 aliphatic heterocycles. The first-order valence-electron chi connectivity index (χ1n) is 9.89. The third-order valence-corrected chi connectivity index (χ3v) is 5.46. The number of nitro benzene ring substituents is 1. The molecule has 1 aliphatic rings. The highest BCUT2D eigenvalue weighted by molar-refractivity contribution is 6.32. The van der Waals surface area contributed by atoms with Crippen LogP contribution in [0.2, 0.25) is 5.02 Å². The van der Waals surface area contributed by atoms with Gasteiger partial charge in [0.1, 0.15) is 11.1 Å². The van der Waals surface area contributed by atoms with Crippen molar-refractivity contribution < 1.29 is 9.66 Å². The molecule has 2 aromatic heterocycles. The van der Waals surface area contributed by atoms with Crippen molar-refractivity contribution in [2.45, 2.75) is 38.3 Å². The monoisotopic (exact) mass is 441 g/mol. The molecule has 3 aromatic rings. The zero-order chi connectivity index (χ0) is 21.8. The fraction of sp³-hybridized carbons (Fsp3) is 0.286. The minimum atomic E-state index is -0.529. The van der Waals surface area contributed by atoms with Gasteiger partial charge in [0.25, 0.3) is 11.2 Å². The van der Waals surface area contributed by atoms with Crippen molar-refractivity contribution in [1.82, 2.24) is 14.8 Å². The minimum Gasteiger partial charge on any atom is -0.474 e. The van der Waals surface area contributed by atoms with E-state index in [0.29, 0.717) is 23.8 Å². The molecule has 1 saturated carbocycles. The van der Waals surface area contributed by atoms with Gasteiger partial charge < -0.3 is 10.1 Å². The van der Waals surface area contributed by atoms with Crippen LogP contribution in [0.5, 0.6) is 5.88 Å². The number of halogens is 1. The van der Waals surface area contributed by atoms with Crippen molar-refractivity contribution in [3.8, 4) is 11.6 Å². The topological polar surface area (TPSA) is 112 Å². The lowest BCUT2D eigenvalue weighted by molar-refractivity contribution is -0.384. The van der Waals surface area contributed by atoms with Crippen LogP contribution in [0.15, 0.2) is 53.6 Å². The van der Waals surface area contributed by atoms with Crippen LogP contribution in [0.4, 0.5) is 11.4 Å². The normalized spacial score (nSPS) is 13.8. The number of aromatic nitrogens is 3. The first kappa shape index (κ1) is 20.8. The number of anilines is 1. The van der Waals surface area contributed by atoms with Crippen LogP contribution in [0.3, 0.4) is 0 Å². The van der Waals surface area contributed by atoms with Crippen LogP contribution < -0.4 is 15.6 Å². The molecule has 31 heavy (non-hydrogen) atoms. The number of nitrogens with one attached hydrogen (secondary N) is 1. The Labute approximate surface area is 182 Å². The van der Waals surface area contributed by atoms with Gasteiger partial charge in [-0.1, -0.05) is 17.7 Å². The maximum atomic E-state index is 12.6. The summed E-state index contributed by atoms with van der Waals surface area (Å²) in [7, 11) is 0. The van der Waals surface area contributed by atoms with Crippen LogP contribution in [0, 0.1) is 10.1 Å². The van der Waals surface area contributed by atoms with Gasteiger partial charge in [-0.05, 0) is 43.4 Å². The van der Waals surface area contributed by atoms with Crippen molar-refractivity contribution in [1.29, 1.82) is 0 Å². The van der Waals surface area contributed by atoms with Crippen LogP contribution in [0.1, 0.15) is 31.2 Å². The second-order valence-corrected chi connectivity index (χ2v) is 7.62. The number of ether oxygens (including phenoxy) is 1. The van der Waals surface area contributed by atoms with Gasteiger partial charge in [0.15, 0.2) is 0 Å². The number of nitro groups is 1. The highest BCUT2D eigenvalue weighted by Gasteiger charge is 2.17. The SMILES string of the molecule is O=c1c(Cl)c(NCc2ccc(OC3CCCC3)nc2)cnn1-c1ccc([N+](=O)[O-])cc1. The molecule has 0 radical (unpaired) electrons. The van der Waals surface area contributed by atoms with E-state index in [1.165, 1.54) is 43.3 Å². The minimum absolute atomic E-state index is 0.0255. The summed E-state index contributed by atoms with van der Waals surface area (Å²) in [5.74, 6) is 0.612. The van der Waals surface area contributed by atoms with Gasteiger partial charge in [0.2, 0.25) is 5.88 Å². The highest BCUT2D eigenvalue weighted by Crippen LogP contribution is 2.23. The van der Waals surface area contributed by atoms with E-state index in [2.05, 4.69) is 15.4 Å². The van der Waals surface area contributed by atoms with Gasteiger partial charge in [0, 0.05) is 30.9 Å². The molecule has 0 unspecified atom stereocenters. The Hall–Kier alpha value is -3.46. The van der Waals surface area contributed by atoms with Gasteiger partial charge >= 0.3 is 0 Å². The van der Waals surface area contributed by atoms with E-state index in [-0.39, 0.29) is 16.8 Å². The highest BCUT2D eigenvalue weighted by atomic mass is 35.5. The van der Waals surface area contributed by atoms with Crippen molar-refractivity contribution in [3.63, 3.8) is 0 Å². The number of rotatable bonds is 7. The van der Waals surface area contributed by atoms with Gasteiger partial charge in [-0.2, -0.15) is 9.78 Å². The van der Waals surface area contributed by atoms with Crippen LogP contribution >= 0.6 is 11.6 Å². The maximum absolute atomic E-state index is 12.6. The third-order valence-electron chi connectivity index (χ3n) is 5.09. The predicted octanol–water partition coefficient (Wildman–Crippen LogP) is 4.12. The third kappa shape index (κ3) is 4.83. The smallest absolute Gasteiger partial charge is 0.292 e. The van der Waals surface area contributed by atoms with Gasteiger partial charge in [-0.3, -0.25) is 14.9 Å². The van der Waals surface area contributed by atoms with E-state index in [0.717, 1.165) is 23.1 Å². The summed E-state index contributed by atoms with van der Waals surface area (Å²) in [4.78, 5) is 27.2. The molecule has 0 bridgehead atoms. The van der Waals surface area contributed by atoms with Crippen molar-refractivity contribution in [2.24, 2.45) is 0 Å². The molecule has 1 aliphatic carbocycles. The van der Waals surface area contributed by atoms with Crippen LogP contribution in [-0.2, 0) is 6.54 Å². The Bertz CT molecular complexity index is 1130. The standard InChI is InChI=1S/C21H20ClN5O4/c22-20-18(13-25-26(21(20)28)15-6-8-16(9-7-15)27(29)30)23-11-14-5-10-19(24-12-14)31-17-3-1-2-4-17/h5-10,12-13,17,23H,1-4,11H2. The number of benzene rings is 1. The fourth-order valence-corrected chi connectivity index (χ4v) is 3.61. The Morgan fingerprint density at radius 2 is 1.90 bits per heavy atom. The number of pyridine rings is 1. The quantitative estimate of drug-likeness (QED) is 0.433. The second-order valence-electron chi connectivity index (χ2n) is 7.25. The molecular formula is C21H20ClN5O4. The van der Waals surface area contributed by atoms with E-state index < -0.39 is 10.5 Å². The Balaban J connectivity index is 1.42. The lowest BCUT2D eigenvalue weighted by Gasteiger charge is -2.13. The summed E-state index contributed by atoms with van der Waals surface area (Å²) in [6, 6.07) is 9.23. The Morgan fingerprint density at radius 3 is 2.55 bits per heavy atom. The predicted molar refractivity (Wildman–Crippen MR) is 116 cm³/mol. The summed E-state index contributed by atoms with van der Waals surface area (Å²) in [5, 5.41) is 18.0. The molecule has 9 nitrogen and oxygen atoms in total. The molecule has 160 valence electrons. The van der Waals surface area contributed by atoms with E-state index in [1.54, 1.807) is 6.20 Å². The maximum Gasteiger partial charge on any atom is 0.292 e. The molecule has 2 heterocycles. The molecule has 0 atom stereocenters. The molecule has 1 fully saturated rings. The molecule has 4 rings (SSSR count). The van der Waals surface area contributed by atoms with E-state index in [4.69, 9.17) is 16.3 Å². The van der Waals surface area contributed by atoms with Gasteiger partial charge in [0.05, 0.1) is 22.5 Å². The average Bonchev–Trinajstić information content (AvgIpc) is 3.29. The fourth-order valence-electron chi connectivity index (χ4n) is 3.41.